The lowest BCUT2D eigenvalue weighted by Gasteiger charge is -2.20. The van der Waals surface area contributed by atoms with E-state index in [4.69, 9.17) is 14.2 Å². The van der Waals surface area contributed by atoms with Crippen molar-refractivity contribution < 1.29 is 19.0 Å². The smallest absolute Gasteiger partial charge is 0.261 e. The van der Waals surface area contributed by atoms with Crippen LogP contribution in [0.1, 0.15) is 25.5 Å². The summed E-state index contributed by atoms with van der Waals surface area (Å²) in [7, 11) is 3.18. The van der Waals surface area contributed by atoms with E-state index in [1.165, 1.54) is 0 Å². The largest absolute Gasteiger partial charge is 0.493 e. The number of amides is 1. The minimum absolute atomic E-state index is 0.185. The Bertz CT molecular complexity index is 964. The van der Waals surface area contributed by atoms with E-state index in [1.54, 1.807) is 21.1 Å². The summed E-state index contributed by atoms with van der Waals surface area (Å²) in [6, 6.07) is 19.2. The van der Waals surface area contributed by atoms with E-state index < -0.39 is 6.10 Å². The molecule has 3 aromatic carbocycles. The van der Waals surface area contributed by atoms with Crippen molar-refractivity contribution in [2.75, 3.05) is 14.2 Å². The van der Waals surface area contributed by atoms with Gasteiger partial charge in [0.05, 0.1) is 20.3 Å². The molecule has 0 saturated carbocycles. The van der Waals surface area contributed by atoms with Crippen LogP contribution in [0.2, 0.25) is 0 Å². The van der Waals surface area contributed by atoms with Crippen LogP contribution in [0, 0.1) is 0 Å². The second kappa shape index (κ2) is 8.65. The molecule has 146 valence electrons. The molecule has 0 spiro atoms. The molecule has 0 aliphatic heterocycles. The van der Waals surface area contributed by atoms with E-state index in [2.05, 4.69) is 5.32 Å². The first kappa shape index (κ1) is 19.5. The number of carbonyl (C=O) groups excluding carboxylic acids is 1. The van der Waals surface area contributed by atoms with Gasteiger partial charge < -0.3 is 19.5 Å². The number of methoxy groups -OCH3 is 2. The lowest BCUT2D eigenvalue weighted by atomic mass is 10.1. The summed E-state index contributed by atoms with van der Waals surface area (Å²) >= 11 is 0. The first-order valence-electron chi connectivity index (χ1n) is 9.20. The van der Waals surface area contributed by atoms with Gasteiger partial charge in [-0.1, -0.05) is 42.5 Å². The van der Waals surface area contributed by atoms with Gasteiger partial charge in [0, 0.05) is 5.39 Å². The molecule has 3 rings (SSSR count). The average Bonchev–Trinajstić information content (AvgIpc) is 2.73. The highest BCUT2D eigenvalue weighted by molar-refractivity contribution is 5.89. The van der Waals surface area contributed by atoms with Crippen LogP contribution in [0.15, 0.2) is 60.7 Å². The summed E-state index contributed by atoms with van der Waals surface area (Å²) in [6.07, 6.45) is -0.631. The molecule has 0 heterocycles. The minimum atomic E-state index is -0.631. The first-order chi connectivity index (χ1) is 13.5. The number of benzene rings is 3. The molecule has 0 radical (unpaired) electrons. The molecular weight excluding hydrogens is 354 g/mol. The summed E-state index contributed by atoms with van der Waals surface area (Å²) in [5.74, 6) is 1.79. The maximum Gasteiger partial charge on any atom is 0.261 e. The monoisotopic (exact) mass is 379 g/mol. The van der Waals surface area contributed by atoms with Gasteiger partial charge in [-0.15, -0.1) is 0 Å². The topological polar surface area (TPSA) is 56.8 Å². The molecule has 0 fully saturated rings. The Hall–Kier alpha value is -3.21. The van der Waals surface area contributed by atoms with E-state index in [0.29, 0.717) is 17.2 Å². The van der Waals surface area contributed by atoms with Crippen LogP contribution in [0.3, 0.4) is 0 Å². The van der Waals surface area contributed by atoms with Crippen molar-refractivity contribution in [3.05, 3.63) is 66.2 Å². The Morgan fingerprint density at radius 3 is 2.32 bits per heavy atom. The van der Waals surface area contributed by atoms with Gasteiger partial charge in [-0.25, -0.2) is 0 Å². The van der Waals surface area contributed by atoms with Crippen molar-refractivity contribution >= 4 is 16.7 Å². The molecule has 0 aliphatic carbocycles. The summed E-state index contributed by atoms with van der Waals surface area (Å²) < 4.78 is 16.5. The van der Waals surface area contributed by atoms with Crippen molar-refractivity contribution in [3.63, 3.8) is 0 Å². The molecule has 2 atom stereocenters. The zero-order valence-corrected chi connectivity index (χ0v) is 16.6. The lowest BCUT2D eigenvalue weighted by molar-refractivity contribution is -0.127. The van der Waals surface area contributed by atoms with Crippen LogP contribution in [0.25, 0.3) is 10.8 Å². The number of fused-ring (bicyclic) bond motifs is 1. The SMILES string of the molecule is COc1ccc([C@H](C)NC(=O)[C@@H](C)Oc2cccc3ccccc23)cc1OC. The number of ether oxygens (including phenoxy) is 3. The highest BCUT2D eigenvalue weighted by Crippen LogP contribution is 2.30. The maximum atomic E-state index is 12.7. The molecule has 5 heteroatoms. The highest BCUT2D eigenvalue weighted by Gasteiger charge is 2.19. The third-order valence-corrected chi connectivity index (χ3v) is 4.69. The number of hydrogen-bond acceptors (Lipinski definition) is 4. The minimum Gasteiger partial charge on any atom is -0.493 e. The van der Waals surface area contributed by atoms with Crippen LogP contribution in [0.4, 0.5) is 0 Å². The molecule has 5 nitrogen and oxygen atoms in total. The standard InChI is InChI=1S/C23H25NO4/c1-15(18-12-13-21(26-3)22(14-18)27-4)24-23(25)16(2)28-20-11-7-9-17-8-5-6-10-19(17)20/h5-16H,1-4H3,(H,24,25)/t15-,16+/m0/s1. The number of hydrogen-bond donors (Lipinski definition) is 1. The predicted octanol–water partition coefficient (Wildman–Crippen LogP) is 4.50. The van der Waals surface area contributed by atoms with Gasteiger partial charge in [0.25, 0.3) is 5.91 Å². The quantitative estimate of drug-likeness (QED) is 0.657. The number of carbonyl (C=O) groups is 1. The summed E-state index contributed by atoms with van der Waals surface area (Å²) in [6.45, 7) is 3.67. The Labute approximate surface area is 165 Å². The Morgan fingerprint density at radius 2 is 1.57 bits per heavy atom. The molecule has 0 unspecified atom stereocenters. The summed E-state index contributed by atoms with van der Waals surface area (Å²) in [5.41, 5.74) is 0.920. The van der Waals surface area contributed by atoms with Crippen LogP contribution in [-0.2, 0) is 4.79 Å². The van der Waals surface area contributed by atoms with Crippen LogP contribution in [-0.4, -0.2) is 26.2 Å². The zero-order chi connectivity index (χ0) is 20.1. The van der Waals surface area contributed by atoms with Gasteiger partial charge in [0.2, 0.25) is 0 Å². The predicted molar refractivity (Wildman–Crippen MR) is 110 cm³/mol. The molecule has 0 aliphatic rings. The average molecular weight is 379 g/mol. The van der Waals surface area contributed by atoms with Gasteiger partial charge >= 0.3 is 0 Å². The molecule has 3 aromatic rings. The second-order valence-electron chi connectivity index (χ2n) is 6.58. The van der Waals surface area contributed by atoms with E-state index >= 15 is 0 Å². The third kappa shape index (κ3) is 4.19. The van der Waals surface area contributed by atoms with Crippen molar-refractivity contribution in [2.45, 2.75) is 26.0 Å². The van der Waals surface area contributed by atoms with Crippen molar-refractivity contribution in [2.24, 2.45) is 0 Å². The van der Waals surface area contributed by atoms with Gasteiger partial charge in [-0.3, -0.25) is 4.79 Å². The fourth-order valence-corrected chi connectivity index (χ4v) is 3.08. The molecule has 1 amide bonds. The Balaban J connectivity index is 1.70. The Morgan fingerprint density at radius 1 is 0.857 bits per heavy atom. The molecule has 1 N–H and O–H groups in total. The van der Waals surface area contributed by atoms with Gasteiger partial charge in [-0.2, -0.15) is 0 Å². The normalized spacial score (nSPS) is 12.9. The molecule has 0 bridgehead atoms. The van der Waals surface area contributed by atoms with Crippen molar-refractivity contribution in [1.29, 1.82) is 0 Å². The highest BCUT2D eigenvalue weighted by atomic mass is 16.5. The van der Waals surface area contributed by atoms with Gasteiger partial charge in [-0.05, 0) is 43.0 Å². The zero-order valence-electron chi connectivity index (χ0n) is 16.6. The molecular formula is C23H25NO4. The lowest BCUT2D eigenvalue weighted by Crippen LogP contribution is -2.37. The van der Waals surface area contributed by atoms with Crippen LogP contribution >= 0.6 is 0 Å². The number of rotatable bonds is 7. The van der Waals surface area contributed by atoms with E-state index in [9.17, 15) is 4.79 Å². The second-order valence-corrected chi connectivity index (χ2v) is 6.58. The fraction of sp³-hybridized carbons (Fsp3) is 0.261. The van der Waals surface area contributed by atoms with Gasteiger partial charge in [0.1, 0.15) is 5.75 Å². The van der Waals surface area contributed by atoms with E-state index in [0.717, 1.165) is 16.3 Å². The fourth-order valence-electron chi connectivity index (χ4n) is 3.08. The first-order valence-corrected chi connectivity index (χ1v) is 9.20. The molecule has 0 saturated heterocycles. The van der Waals surface area contributed by atoms with Crippen LogP contribution in [0.5, 0.6) is 17.2 Å². The van der Waals surface area contributed by atoms with Crippen molar-refractivity contribution in [1.82, 2.24) is 5.32 Å². The number of nitrogens with one attached hydrogen (secondary N) is 1. The van der Waals surface area contributed by atoms with E-state index in [1.807, 2.05) is 67.6 Å². The van der Waals surface area contributed by atoms with E-state index in [-0.39, 0.29) is 11.9 Å². The Kier molecular flexibility index (Phi) is 6.04. The summed E-state index contributed by atoms with van der Waals surface area (Å²) in [5, 5.41) is 5.05. The van der Waals surface area contributed by atoms with Crippen LogP contribution < -0.4 is 19.5 Å². The van der Waals surface area contributed by atoms with Gasteiger partial charge in [0.15, 0.2) is 17.6 Å². The molecule has 28 heavy (non-hydrogen) atoms. The summed E-state index contributed by atoms with van der Waals surface area (Å²) in [4.78, 5) is 12.7. The maximum absolute atomic E-state index is 12.7. The van der Waals surface area contributed by atoms with Crippen molar-refractivity contribution in [3.8, 4) is 17.2 Å². The third-order valence-electron chi connectivity index (χ3n) is 4.69. The molecule has 0 aromatic heterocycles.